The minimum Gasteiger partial charge on any atom is -0.348 e. The van der Waals surface area contributed by atoms with Crippen LogP contribution in [0.25, 0.3) is 0 Å². The molecule has 1 aromatic heterocycles. The summed E-state index contributed by atoms with van der Waals surface area (Å²) in [5.41, 5.74) is 3.42. The molecule has 4 rings (SSSR count). The van der Waals surface area contributed by atoms with Gasteiger partial charge < -0.3 is 19.7 Å². The molecule has 1 aliphatic heterocycles. The van der Waals surface area contributed by atoms with Crippen molar-refractivity contribution in [3.63, 3.8) is 0 Å². The Bertz CT molecular complexity index is 871. The number of amides is 3. The van der Waals surface area contributed by atoms with E-state index < -0.39 is 0 Å². The van der Waals surface area contributed by atoms with Crippen LogP contribution in [0, 0.1) is 6.92 Å². The van der Waals surface area contributed by atoms with Crippen LogP contribution in [0.5, 0.6) is 0 Å². The van der Waals surface area contributed by atoms with Crippen LogP contribution in [0.2, 0.25) is 0 Å². The maximum Gasteiger partial charge on any atom is 0.318 e. The quantitative estimate of drug-likeness (QED) is 0.867. The molecule has 6 heteroatoms. The van der Waals surface area contributed by atoms with E-state index in [1.54, 1.807) is 4.90 Å². The van der Waals surface area contributed by atoms with Crippen molar-refractivity contribution in [2.75, 3.05) is 19.6 Å². The van der Waals surface area contributed by atoms with E-state index in [1.807, 2.05) is 24.0 Å². The first-order valence-electron chi connectivity index (χ1n) is 10.1. The number of carbonyl (C=O) groups excluding carboxylic acids is 2. The lowest BCUT2D eigenvalue weighted by Gasteiger charge is -2.38. The molecule has 28 heavy (non-hydrogen) atoms. The fourth-order valence-corrected chi connectivity index (χ4v) is 4.09. The van der Waals surface area contributed by atoms with Crippen molar-refractivity contribution in [1.29, 1.82) is 0 Å². The lowest BCUT2D eigenvalue weighted by Crippen LogP contribution is -2.50. The monoisotopic (exact) mass is 380 g/mol. The Kier molecular flexibility index (Phi) is 5.11. The first kappa shape index (κ1) is 18.6. The Balaban J connectivity index is 1.61. The van der Waals surface area contributed by atoms with Gasteiger partial charge in [-0.25, -0.2) is 4.79 Å². The number of carbonyl (C=O) groups is 2. The molecule has 0 spiro atoms. The molecule has 1 aliphatic carbocycles. The third-order valence-corrected chi connectivity index (χ3v) is 5.60. The lowest BCUT2D eigenvalue weighted by molar-refractivity contribution is -0.134. The predicted octanol–water partition coefficient (Wildman–Crippen LogP) is 2.92. The van der Waals surface area contributed by atoms with E-state index in [2.05, 4.69) is 47.3 Å². The Morgan fingerprint density at radius 3 is 2.71 bits per heavy atom. The van der Waals surface area contributed by atoms with Crippen molar-refractivity contribution in [2.24, 2.45) is 0 Å². The van der Waals surface area contributed by atoms with Gasteiger partial charge in [-0.3, -0.25) is 4.79 Å². The number of aryl methyl sites for hydroxylation is 1. The number of nitrogens with zero attached hydrogens (tertiary/aromatic N) is 3. The number of fused-ring (bicyclic) bond motifs is 1. The van der Waals surface area contributed by atoms with Gasteiger partial charge in [0.2, 0.25) is 5.91 Å². The van der Waals surface area contributed by atoms with Crippen LogP contribution in [0.1, 0.15) is 42.6 Å². The number of hydrogen-bond acceptors (Lipinski definition) is 2. The van der Waals surface area contributed by atoms with Crippen LogP contribution in [0.3, 0.4) is 0 Å². The highest BCUT2D eigenvalue weighted by atomic mass is 16.2. The molecule has 6 nitrogen and oxygen atoms in total. The van der Waals surface area contributed by atoms with Gasteiger partial charge in [-0.05, 0) is 44.4 Å². The summed E-state index contributed by atoms with van der Waals surface area (Å²) in [7, 11) is 0. The van der Waals surface area contributed by atoms with Crippen LogP contribution in [-0.4, -0.2) is 52.0 Å². The average molecular weight is 380 g/mol. The minimum absolute atomic E-state index is 0.0112. The molecule has 3 amide bonds. The molecule has 1 aromatic carbocycles. The molecule has 1 atom stereocenters. The van der Waals surface area contributed by atoms with E-state index in [1.165, 1.54) is 5.56 Å². The summed E-state index contributed by atoms with van der Waals surface area (Å²) in [5.74, 6) is 0.0112. The molecule has 1 saturated carbocycles. The molecular formula is C22H28N4O2. The SMILES string of the molecule is CCNC(=O)N(CC(=O)N1CCn2cccc2C1c1cccc(C)c1)C1CC1. The minimum atomic E-state index is -0.133. The number of aromatic nitrogens is 1. The molecule has 0 radical (unpaired) electrons. The third-order valence-electron chi connectivity index (χ3n) is 5.60. The molecule has 2 aromatic rings. The molecule has 2 heterocycles. The summed E-state index contributed by atoms with van der Waals surface area (Å²) >= 11 is 0. The second kappa shape index (κ2) is 7.70. The largest absolute Gasteiger partial charge is 0.348 e. The number of urea groups is 1. The van der Waals surface area contributed by atoms with Crippen LogP contribution in [0.15, 0.2) is 42.6 Å². The fourth-order valence-electron chi connectivity index (χ4n) is 4.09. The van der Waals surface area contributed by atoms with Crippen LogP contribution in [-0.2, 0) is 11.3 Å². The Hall–Kier alpha value is -2.76. The second-order valence-corrected chi connectivity index (χ2v) is 7.72. The van der Waals surface area contributed by atoms with Crippen LogP contribution >= 0.6 is 0 Å². The Morgan fingerprint density at radius 2 is 2.00 bits per heavy atom. The highest BCUT2D eigenvalue weighted by Gasteiger charge is 2.37. The lowest BCUT2D eigenvalue weighted by atomic mass is 9.98. The zero-order chi connectivity index (χ0) is 19.7. The van der Waals surface area contributed by atoms with Crippen molar-refractivity contribution in [1.82, 2.24) is 19.7 Å². The smallest absolute Gasteiger partial charge is 0.318 e. The van der Waals surface area contributed by atoms with Gasteiger partial charge in [-0.15, -0.1) is 0 Å². The summed E-state index contributed by atoms with van der Waals surface area (Å²) in [6.07, 6.45) is 4.04. The van der Waals surface area contributed by atoms with E-state index in [0.29, 0.717) is 13.1 Å². The van der Waals surface area contributed by atoms with E-state index in [-0.39, 0.29) is 30.6 Å². The van der Waals surface area contributed by atoms with Crippen molar-refractivity contribution >= 4 is 11.9 Å². The van der Waals surface area contributed by atoms with Crippen LogP contribution < -0.4 is 5.32 Å². The standard InChI is InChI=1S/C22H28N4O2/c1-3-23-22(28)26(18-9-10-18)15-20(27)25-13-12-24-11-5-8-19(24)21(25)17-7-4-6-16(2)14-17/h4-8,11,14,18,21H,3,9-10,12-13,15H2,1-2H3,(H,23,28). The van der Waals surface area contributed by atoms with Gasteiger partial charge >= 0.3 is 6.03 Å². The Labute approximate surface area is 166 Å². The predicted molar refractivity (Wildman–Crippen MR) is 108 cm³/mol. The molecular weight excluding hydrogens is 352 g/mol. The topological polar surface area (TPSA) is 57.6 Å². The molecule has 2 aliphatic rings. The van der Waals surface area contributed by atoms with Crippen molar-refractivity contribution in [3.05, 3.63) is 59.4 Å². The van der Waals surface area contributed by atoms with Gasteiger partial charge in [0, 0.05) is 37.6 Å². The number of nitrogens with one attached hydrogen (secondary N) is 1. The Morgan fingerprint density at radius 1 is 1.18 bits per heavy atom. The van der Waals surface area contributed by atoms with Crippen molar-refractivity contribution < 1.29 is 9.59 Å². The van der Waals surface area contributed by atoms with Gasteiger partial charge in [-0.2, -0.15) is 0 Å². The maximum atomic E-state index is 13.3. The first-order chi connectivity index (χ1) is 13.6. The van der Waals surface area contributed by atoms with Gasteiger partial charge in [-0.1, -0.05) is 29.8 Å². The number of benzene rings is 1. The van der Waals surface area contributed by atoms with Gasteiger partial charge in [0.05, 0.1) is 6.04 Å². The second-order valence-electron chi connectivity index (χ2n) is 7.72. The van der Waals surface area contributed by atoms with Gasteiger partial charge in [0.15, 0.2) is 0 Å². The highest BCUT2D eigenvalue weighted by molar-refractivity contribution is 5.85. The van der Waals surface area contributed by atoms with E-state index in [4.69, 9.17) is 0 Å². The molecule has 0 bridgehead atoms. The zero-order valence-electron chi connectivity index (χ0n) is 16.6. The molecule has 1 unspecified atom stereocenters. The molecule has 148 valence electrons. The maximum absolute atomic E-state index is 13.3. The van der Waals surface area contributed by atoms with Crippen LogP contribution in [0.4, 0.5) is 4.79 Å². The summed E-state index contributed by atoms with van der Waals surface area (Å²) < 4.78 is 2.22. The van der Waals surface area contributed by atoms with Gasteiger partial charge in [0.1, 0.15) is 6.54 Å². The summed E-state index contributed by atoms with van der Waals surface area (Å²) in [6, 6.07) is 12.4. The van der Waals surface area contributed by atoms with Crippen molar-refractivity contribution in [3.8, 4) is 0 Å². The molecule has 1 N–H and O–H groups in total. The fraction of sp³-hybridized carbons (Fsp3) is 0.455. The van der Waals surface area contributed by atoms with E-state index in [0.717, 1.165) is 30.6 Å². The average Bonchev–Trinajstić information content (AvgIpc) is 3.41. The van der Waals surface area contributed by atoms with Gasteiger partial charge in [0.25, 0.3) is 0 Å². The number of hydrogen-bond donors (Lipinski definition) is 1. The molecule has 1 fully saturated rings. The number of rotatable bonds is 5. The normalized spacial score (nSPS) is 18.5. The first-order valence-corrected chi connectivity index (χ1v) is 10.1. The summed E-state index contributed by atoms with van der Waals surface area (Å²) in [5, 5.41) is 2.85. The third kappa shape index (κ3) is 3.63. The zero-order valence-corrected chi connectivity index (χ0v) is 16.6. The summed E-state index contributed by atoms with van der Waals surface area (Å²) in [4.78, 5) is 29.4. The van der Waals surface area contributed by atoms with E-state index >= 15 is 0 Å². The summed E-state index contributed by atoms with van der Waals surface area (Å²) in [6.45, 7) is 6.10. The molecule has 0 saturated heterocycles. The van der Waals surface area contributed by atoms with E-state index in [9.17, 15) is 9.59 Å². The highest BCUT2D eigenvalue weighted by Crippen LogP contribution is 2.34. The van der Waals surface area contributed by atoms with Crippen molar-refractivity contribution in [2.45, 2.75) is 45.3 Å².